The van der Waals surface area contributed by atoms with Gasteiger partial charge in [-0.15, -0.1) is 12.4 Å². The number of carbonyl (C=O) groups is 2. The number of amides is 2. The van der Waals surface area contributed by atoms with Crippen LogP contribution >= 0.6 is 12.4 Å². The van der Waals surface area contributed by atoms with Crippen LogP contribution in [0.25, 0.3) is 0 Å². The molecule has 0 saturated carbocycles. The molecule has 2 amide bonds. The topological polar surface area (TPSA) is 67.4 Å². The summed E-state index contributed by atoms with van der Waals surface area (Å²) in [7, 11) is 0. The smallest absolute Gasteiger partial charge is 0.267 e. The predicted octanol–water partition coefficient (Wildman–Crippen LogP) is 1.76. The lowest BCUT2D eigenvalue weighted by Crippen LogP contribution is -2.46. The Kier molecular flexibility index (Phi) is 5.80. The Hall–Kier alpha value is -1.59. The Morgan fingerprint density at radius 2 is 1.68 bits per heavy atom. The molecule has 0 aliphatic carbocycles. The molecule has 2 fully saturated rings. The summed E-state index contributed by atoms with van der Waals surface area (Å²) >= 11 is 0. The molecule has 1 atom stereocenters. The number of piperidine rings is 2. The average Bonchev–Trinajstić information content (AvgIpc) is 2.52. The lowest BCUT2D eigenvalue weighted by Gasteiger charge is -2.24. The number of ether oxygens (including phenoxy) is 1. The van der Waals surface area contributed by atoms with Crippen LogP contribution in [0.1, 0.15) is 37.2 Å². The summed E-state index contributed by atoms with van der Waals surface area (Å²) in [6.45, 7) is 2.14. The number of hydrogen-bond donors (Lipinski definition) is 2. The number of hydrogen-bond acceptors (Lipinski definition) is 4. The van der Waals surface area contributed by atoms with Crippen LogP contribution in [0.4, 0.5) is 0 Å². The molecule has 6 heteroatoms. The van der Waals surface area contributed by atoms with Crippen LogP contribution in [0.2, 0.25) is 0 Å². The molecule has 2 N–H and O–H groups in total. The lowest BCUT2D eigenvalue weighted by atomic mass is 9.90. The van der Waals surface area contributed by atoms with E-state index in [9.17, 15) is 9.59 Å². The minimum Gasteiger partial charge on any atom is -0.481 e. The predicted molar refractivity (Wildman–Crippen MR) is 85.3 cm³/mol. The van der Waals surface area contributed by atoms with Gasteiger partial charge in [0.05, 0.1) is 0 Å². The molecule has 1 aromatic rings. The van der Waals surface area contributed by atoms with Crippen molar-refractivity contribution >= 4 is 24.2 Å². The van der Waals surface area contributed by atoms with Gasteiger partial charge in [-0.25, -0.2) is 0 Å². The molecular formula is C16H21ClN2O3. The molecule has 0 unspecified atom stereocenters. The third-order valence-corrected chi connectivity index (χ3v) is 4.16. The van der Waals surface area contributed by atoms with E-state index in [1.54, 1.807) is 0 Å². The maximum absolute atomic E-state index is 11.7. The fraction of sp³-hybridized carbons (Fsp3) is 0.500. The molecule has 22 heavy (non-hydrogen) atoms. The van der Waals surface area contributed by atoms with Crippen LogP contribution < -0.4 is 15.4 Å². The minimum atomic E-state index is -0.563. The highest BCUT2D eigenvalue weighted by Gasteiger charge is 2.28. The normalized spacial score (nSPS) is 22.6. The van der Waals surface area contributed by atoms with E-state index >= 15 is 0 Å². The van der Waals surface area contributed by atoms with Crippen molar-refractivity contribution in [3.05, 3.63) is 29.8 Å². The van der Waals surface area contributed by atoms with E-state index in [1.165, 1.54) is 5.56 Å². The minimum absolute atomic E-state index is 0. The van der Waals surface area contributed by atoms with Gasteiger partial charge in [-0.2, -0.15) is 0 Å². The summed E-state index contributed by atoms with van der Waals surface area (Å²) < 4.78 is 5.68. The molecule has 5 nitrogen and oxygen atoms in total. The molecule has 0 aromatic heterocycles. The Labute approximate surface area is 136 Å². The summed E-state index contributed by atoms with van der Waals surface area (Å²) in [5, 5.41) is 5.66. The lowest BCUT2D eigenvalue weighted by molar-refractivity contribution is -0.138. The van der Waals surface area contributed by atoms with Crippen LogP contribution in [-0.2, 0) is 9.59 Å². The van der Waals surface area contributed by atoms with Crippen molar-refractivity contribution in [2.24, 2.45) is 0 Å². The first-order valence-electron chi connectivity index (χ1n) is 7.53. The zero-order chi connectivity index (χ0) is 14.7. The highest BCUT2D eigenvalue weighted by atomic mass is 35.5. The molecular weight excluding hydrogens is 304 g/mol. The van der Waals surface area contributed by atoms with E-state index in [4.69, 9.17) is 4.74 Å². The van der Waals surface area contributed by atoms with E-state index < -0.39 is 6.10 Å². The Morgan fingerprint density at radius 1 is 1.00 bits per heavy atom. The van der Waals surface area contributed by atoms with Crippen LogP contribution in [0, 0.1) is 0 Å². The monoisotopic (exact) mass is 324 g/mol. The van der Waals surface area contributed by atoms with Gasteiger partial charge in [0.1, 0.15) is 5.75 Å². The first-order chi connectivity index (χ1) is 10.2. The van der Waals surface area contributed by atoms with Crippen LogP contribution in [-0.4, -0.2) is 31.0 Å². The molecule has 2 saturated heterocycles. The zero-order valence-electron chi connectivity index (χ0n) is 12.3. The van der Waals surface area contributed by atoms with Crippen LogP contribution in [0.15, 0.2) is 24.3 Å². The van der Waals surface area contributed by atoms with Crippen molar-refractivity contribution in [3.63, 3.8) is 0 Å². The molecule has 0 spiro atoms. The van der Waals surface area contributed by atoms with Crippen molar-refractivity contribution in [1.29, 1.82) is 0 Å². The molecule has 0 bridgehead atoms. The molecule has 120 valence electrons. The van der Waals surface area contributed by atoms with Gasteiger partial charge in [0.15, 0.2) is 6.10 Å². The van der Waals surface area contributed by atoms with E-state index in [1.807, 2.05) is 12.1 Å². The van der Waals surface area contributed by atoms with Crippen molar-refractivity contribution in [2.45, 2.75) is 37.7 Å². The highest BCUT2D eigenvalue weighted by Crippen LogP contribution is 2.27. The fourth-order valence-electron chi connectivity index (χ4n) is 2.92. The molecule has 2 aliphatic rings. The summed E-state index contributed by atoms with van der Waals surface area (Å²) in [6.07, 6.45) is 2.54. The third kappa shape index (κ3) is 3.99. The second-order valence-corrected chi connectivity index (χ2v) is 5.65. The van der Waals surface area contributed by atoms with E-state index in [0.29, 0.717) is 24.5 Å². The number of imide groups is 1. The molecule has 3 rings (SSSR count). The number of halogens is 1. The zero-order valence-corrected chi connectivity index (χ0v) is 13.2. The number of carbonyl (C=O) groups excluding carboxylic acids is 2. The van der Waals surface area contributed by atoms with E-state index in [0.717, 1.165) is 25.9 Å². The van der Waals surface area contributed by atoms with Gasteiger partial charge in [0.2, 0.25) is 5.91 Å². The number of rotatable bonds is 3. The Morgan fingerprint density at radius 3 is 2.32 bits per heavy atom. The number of nitrogens with one attached hydrogen (secondary N) is 2. The second-order valence-electron chi connectivity index (χ2n) is 5.65. The second kappa shape index (κ2) is 7.61. The maximum atomic E-state index is 11.7. The average molecular weight is 325 g/mol. The van der Waals surface area contributed by atoms with Gasteiger partial charge in [-0.05, 0) is 49.5 Å². The maximum Gasteiger partial charge on any atom is 0.267 e. The van der Waals surface area contributed by atoms with E-state index in [-0.39, 0.29) is 24.2 Å². The molecule has 2 heterocycles. The summed E-state index contributed by atoms with van der Waals surface area (Å²) in [4.78, 5) is 22.8. The number of benzene rings is 1. The van der Waals surface area contributed by atoms with Gasteiger partial charge in [0.25, 0.3) is 5.91 Å². The van der Waals surface area contributed by atoms with Crippen LogP contribution in [0.3, 0.4) is 0 Å². The van der Waals surface area contributed by atoms with E-state index in [2.05, 4.69) is 22.8 Å². The van der Waals surface area contributed by atoms with Crippen LogP contribution in [0.5, 0.6) is 5.75 Å². The van der Waals surface area contributed by atoms with Crippen molar-refractivity contribution < 1.29 is 14.3 Å². The van der Waals surface area contributed by atoms with Gasteiger partial charge >= 0.3 is 0 Å². The molecule has 1 aromatic carbocycles. The highest BCUT2D eigenvalue weighted by molar-refractivity contribution is 5.99. The Balaban J connectivity index is 0.00000176. The first kappa shape index (κ1) is 16.8. The molecule has 2 aliphatic heterocycles. The standard InChI is InChI=1S/C16H20N2O3.ClH/c19-15-6-5-14(16(20)18-15)21-13-3-1-11(2-4-13)12-7-9-17-10-8-12;/h1-4,12,14,17H,5-10H2,(H,18,19,20);1H/t14-;/m0./s1. The molecule has 0 radical (unpaired) electrons. The summed E-state index contributed by atoms with van der Waals surface area (Å²) in [5.41, 5.74) is 1.33. The van der Waals surface area contributed by atoms with Gasteiger partial charge in [0, 0.05) is 12.8 Å². The summed E-state index contributed by atoms with van der Waals surface area (Å²) in [5.74, 6) is 0.730. The van der Waals surface area contributed by atoms with Crippen molar-refractivity contribution in [1.82, 2.24) is 10.6 Å². The SMILES string of the molecule is Cl.O=C1CC[C@H](Oc2ccc(C3CCNCC3)cc2)C(=O)N1. The van der Waals surface area contributed by atoms with Gasteiger partial charge in [-0.1, -0.05) is 12.1 Å². The van der Waals surface area contributed by atoms with Gasteiger partial charge < -0.3 is 10.1 Å². The van der Waals surface area contributed by atoms with Gasteiger partial charge in [-0.3, -0.25) is 14.9 Å². The quantitative estimate of drug-likeness (QED) is 0.831. The first-order valence-corrected chi connectivity index (χ1v) is 7.53. The fourth-order valence-corrected chi connectivity index (χ4v) is 2.92. The summed E-state index contributed by atoms with van der Waals surface area (Å²) in [6, 6.07) is 8.00. The Bertz CT molecular complexity index is 527. The largest absolute Gasteiger partial charge is 0.481 e. The van der Waals surface area contributed by atoms with Crippen molar-refractivity contribution in [3.8, 4) is 5.75 Å². The third-order valence-electron chi connectivity index (χ3n) is 4.16. The van der Waals surface area contributed by atoms with Crippen molar-refractivity contribution in [2.75, 3.05) is 13.1 Å².